The standard InChI is InChI=1S/C8H17NO4S/c1-6(11)9-7(8(12)13)5-14-4-2-3-10/h7,10H,2-5,14H2,1H3,(H,9,11)(H,12,13)/t7-/m0/s1/i5D2,7D,14D2/hD. The molecule has 0 fully saturated rings. The molecule has 0 bridgehead atoms. The Morgan fingerprint density at radius 3 is 2.93 bits per heavy atom. The van der Waals surface area contributed by atoms with Crippen LogP contribution in [0.2, 0.25) is 1.41 Å². The summed E-state index contributed by atoms with van der Waals surface area (Å²) >= 11 is -3.81. The van der Waals surface area contributed by atoms with Gasteiger partial charge in [0, 0.05) is 22.0 Å². The lowest BCUT2D eigenvalue weighted by molar-refractivity contribution is -0.140. The quantitative estimate of drug-likeness (QED) is 0.531. The Morgan fingerprint density at radius 2 is 2.50 bits per heavy atom. The second-order valence-corrected chi connectivity index (χ2v) is 3.21. The number of hydrogen-bond acceptors (Lipinski definition) is 3. The van der Waals surface area contributed by atoms with Crippen molar-refractivity contribution in [2.75, 3.05) is 18.1 Å². The fourth-order valence-corrected chi connectivity index (χ4v) is 1.17. The minimum absolute atomic E-state index is 0.115. The molecule has 6 heteroatoms. The van der Waals surface area contributed by atoms with Crippen molar-refractivity contribution in [3.8, 4) is 0 Å². The molecule has 0 spiro atoms. The Bertz CT molecular complexity index is 395. The van der Waals surface area contributed by atoms with Gasteiger partial charge in [0.25, 0.3) is 0 Å². The molecule has 0 heterocycles. The van der Waals surface area contributed by atoms with Crippen LogP contribution in [0.5, 0.6) is 0 Å². The molecule has 0 aromatic heterocycles. The highest BCUT2D eigenvalue weighted by Gasteiger charge is 2.16. The van der Waals surface area contributed by atoms with Crippen molar-refractivity contribution in [3.63, 3.8) is 0 Å². The maximum atomic E-state index is 11.2. The van der Waals surface area contributed by atoms with E-state index in [9.17, 15) is 9.59 Å². The zero-order valence-corrected chi connectivity index (χ0v) is 8.50. The second kappa shape index (κ2) is 7.64. The predicted octanol–water partition coefficient (Wildman–Crippen LogP) is -0.844. The van der Waals surface area contributed by atoms with Crippen LogP contribution >= 0.6 is 11.6 Å². The Kier molecular flexibility index (Phi) is 3.26. The molecule has 1 amide bonds. The lowest BCUT2D eigenvalue weighted by Gasteiger charge is -2.13. The summed E-state index contributed by atoms with van der Waals surface area (Å²) in [4.78, 5) is 22.3. The summed E-state index contributed by atoms with van der Waals surface area (Å²) in [5, 5.41) is 17.3. The second-order valence-electron chi connectivity index (χ2n) is 2.31. The smallest absolute Gasteiger partial charge is 0.326 e. The fraction of sp³-hybridized carbons (Fsp3) is 0.750. The topological polar surface area (TPSA) is 86.6 Å². The third-order valence-corrected chi connectivity index (χ3v) is 1.88. The van der Waals surface area contributed by atoms with Crippen LogP contribution in [0.4, 0.5) is 0 Å². The SMILES string of the molecule is [2H]N(C(C)=O)[C@]([2H])(C(=O)O)C([2H])([2H])S([2H])([2H])CCCO. The van der Waals surface area contributed by atoms with Crippen molar-refractivity contribution in [2.24, 2.45) is 0 Å². The number of amides is 1. The number of aliphatic hydroxyl groups is 1. The van der Waals surface area contributed by atoms with Crippen LogP contribution < -0.4 is 5.31 Å². The number of aliphatic hydroxyl groups excluding tert-OH is 1. The largest absolute Gasteiger partial charge is 0.480 e. The lowest BCUT2D eigenvalue weighted by Crippen LogP contribution is -2.41. The molecule has 0 saturated carbocycles. The molecule has 5 nitrogen and oxygen atoms in total. The zero-order chi connectivity index (χ0) is 16.4. The van der Waals surface area contributed by atoms with Gasteiger partial charge in [0.05, 0.1) is 3.62 Å². The molecule has 14 heavy (non-hydrogen) atoms. The zero-order valence-electron chi connectivity index (χ0n) is 13.7. The maximum absolute atomic E-state index is 11.2. The number of hydrogen-bond donors (Lipinski definition) is 3. The first-order chi connectivity index (χ1) is 8.86. The van der Waals surface area contributed by atoms with Gasteiger partial charge in [0.1, 0.15) is 6.02 Å². The molecule has 84 valence electrons. The third-order valence-electron chi connectivity index (χ3n) is 1.05. The van der Waals surface area contributed by atoms with Crippen LogP contribution in [0.1, 0.15) is 17.5 Å². The molecule has 0 radical (unpaired) electrons. The van der Waals surface area contributed by atoms with E-state index < -0.39 is 47.5 Å². The van der Waals surface area contributed by atoms with Gasteiger partial charge in [-0.15, -0.1) is 0 Å². The van der Waals surface area contributed by atoms with E-state index in [-0.39, 0.29) is 11.7 Å². The van der Waals surface area contributed by atoms with E-state index in [0.29, 0.717) is 0 Å². The van der Waals surface area contributed by atoms with Crippen molar-refractivity contribution in [2.45, 2.75) is 19.4 Å². The van der Waals surface area contributed by atoms with Gasteiger partial charge in [-0.05, 0) is 12.2 Å². The highest BCUT2D eigenvalue weighted by molar-refractivity contribution is 7.99. The van der Waals surface area contributed by atoms with Gasteiger partial charge < -0.3 is 15.5 Å². The molecule has 0 aliphatic rings. The summed E-state index contributed by atoms with van der Waals surface area (Å²) in [6.45, 7) is 0.367. The van der Waals surface area contributed by atoms with Crippen LogP contribution in [-0.4, -0.2) is 48.4 Å². The van der Waals surface area contributed by atoms with Gasteiger partial charge in [0.2, 0.25) is 5.91 Å². The normalized spacial score (nSPS) is 23.9. The molecule has 0 aromatic rings. The lowest BCUT2D eigenvalue weighted by atomic mass is 10.3. The van der Waals surface area contributed by atoms with Gasteiger partial charge in [0.15, 0.2) is 1.41 Å². The van der Waals surface area contributed by atoms with Crippen LogP contribution in [-0.2, 0) is 9.59 Å². The van der Waals surface area contributed by atoms with E-state index in [4.69, 9.17) is 18.0 Å². The van der Waals surface area contributed by atoms with Gasteiger partial charge in [-0.2, -0.15) is 0 Å². The van der Waals surface area contributed by atoms with Crippen molar-refractivity contribution >= 4 is 23.4 Å². The predicted molar refractivity (Wildman–Crippen MR) is 57.1 cm³/mol. The van der Waals surface area contributed by atoms with Crippen molar-refractivity contribution in [1.82, 2.24) is 5.31 Å². The fourth-order valence-electron chi connectivity index (χ4n) is 0.528. The summed E-state index contributed by atoms with van der Waals surface area (Å²) in [5.41, 5.74) is -3.28. The van der Waals surface area contributed by atoms with Crippen LogP contribution in [0, 0.1) is 0 Å². The molecule has 0 rings (SSSR count). The van der Waals surface area contributed by atoms with E-state index >= 15 is 0 Å². The highest BCUT2D eigenvalue weighted by Crippen LogP contribution is 2.04. The average Bonchev–Trinajstić information content (AvgIpc) is 2.33. The molecule has 1 atom stereocenters. The van der Waals surface area contributed by atoms with Crippen LogP contribution in [0.3, 0.4) is 0 Å². The summed E-state index contributed by atoms with van der Waals surface area (Å²) in [6, 6.07) is -3.41. The summed E-state index contributed by atoms with van der Waals surface area (Å²) in [7, 11) is 0. The van der Waals surface area contributed by atoms with Crippen molar-refractivity contribution in [1.29, 1.82) is 2.25 Å². The van der Waals surface area contributed by atoms with Crippen LogP contribution in [0.15, 0.2) is 0 Å². The number of aliphatic carboxylic acids is 1. The van der Waals surface area contributed by atoms with E-state index in [1.54, 1.807) is 0 Å². The Morgan fingerprint density at radius 1 is 1.86 bits per heavy atom. The number of carboxylic acid groups (broad SMARTS) is 1. The first kappa shape index (κ1) is 5.97. The Balaban J connectivity index is 5.79. The van der Waals surface area contributed by atoms with Gasteiger partial charge in [-0.3, -0.25) is 16.4 Å². The molecule has 0 aromatic carbocycles. The van der Waals surface area contributed by atoms with E-state index in [0.717, 1.165) is 6.92 Å². The Labute approximate surface area is 94.7 Å². The molecule has 3 N–H and O–H groups in total. The van der Waals surface area contributed by atoms with Gasteiger partial charge in [-0.25, -0.2) is 4.79 Å². The average molecular weight is 229 g/mol. The van der Waals surface area contributed by atoms with E-state index in [1.165, 1.54) is 0 Å². The van der Waals surface area contributed by atoms with E-state index in [2.05, 4.69) is 0 Å². The van der Waals surface area contributed by atoms with E-state index in [1.807, 2.05) is 0 Å². The highest BCUT2D eigenvalue weighted by atomic mass is 32.2. The summed E-state index contributed by atoms with van der Waals surface area (Å²) < 4.78 is 45.7. The molecule has 0 aliphatic heterocycles. The van der Waals surface area contributed by atoms with Gasteiger partial charge in [-0.1, -0.05) is 0 Å². The Hall–Kier alpha value is -0.750. The molecule has 0 saturated heterocycles. The first-order valence-electron chi connectivity index (χ1n) is 6.65. The number of nitrogens with one attached hydrogen (secondary N) is 1. The van der Waals surface area contributed by atoms with Gasteiger partial charge >= 0.3 is 5.97 Å². The molecular weight excluding hydrogens is 206 g/mol. The number of carboxylic acids is 1. The summed E-state index contributed by atoms with van der Waals surface area (Å²) in [6.07, 6.45) is -0.115. The monoisotopic (exact) mass is 229 g/mol. The number of carbonyl (C=O) groups is 2. The summed E-state index contributed by atoms with van der Waals surface area (Å²) in [5.74, 6) is -3.80. The minimum atomic E-state index is -3.81. The van der Waals surface area contributed by atoms with Crippen LogP contribution in [0.25, 0.3) is 0 Å². The number of rotatable bonds is 7. The first-order valence-corrected chi connectivity index (χ1v) is 4.87. The molecule has 0 unspecified atom stereocenters. The molecular formula is C8H17NO4S. The molecule has 0 aliphatic carbocycles. The third kappa shape index (κ3) is 6.73. The minimum Gasteiger partial charge on any atom is -0.480 e. The van der Waals surface area contributed by atoms with Crippen molar-refractivity contribution in [3.05, 3.63) is 0 Å². The maximum Gasteiger partial charge on any atom is 0.326 e. The van der Waals surface area contributed by atoms with Crippen molar-refractivity contribution < 1.29 is 25.3 Å². The number of carbonyl (C=O) groups excluding carboxylic acids is 1.